The van der Waals surface area contributed by atoms with Gasteiger partial charge in [0.25, 0.3) is 0 Å². The molecular weight excluding hydrogens is 214 g/mol. The highest BCUT2D eigenvalue weighted by atomic mass is 16.5. The Morgan fingerprint density at radius 3 is 2.35 bits per heavy atom. The lowest BCUT2D eigenvalue weighted by Gasteiger charge is -2.20. The first-order chi connectivity index (χ1) is 8.21. The Hall–Kier alpha value is -1.22. The summed E-state index contributed by atoms with van der Waals surface area (Å²) >= 11 is 0. The van der Waals surface area contributed by atoms with Crippen LogP contribution in [0.1, 0.15) is 29.9 Å². The van der Waals surface area contributed by atoms with E-state index in [0.717, 1.165) is 23.0 Å². The molecule has 1 aromatic rings. The third kappa shape index (κ3) is 2.39. The molecule has 0 amide bonds. The van der Waals surface area contributed by atoms with Crippen molar-refractivity contribution in [3.63, 3.8) is 0 Å². The van der Waals surface area contributed by atoms with E-state index >= 15 is 0 Å². The monoisotopic (exact) mass is 235 g/mol. The van der Waals surface area contributed by atoms with E-state index in [2.05, 4.69) is 6.07 Å². The zero-order valence-corrected chi connectivity index (χ0v) is 10.8. The van der Waals surface area contributed by atoms with Crippen molar-refractivity contribution >= 4 is 0 Å². The second-order valence-electron chi connectivity index (χ2n) is 4.74. The molecule has 1 unspecified atom stereocenters. The van der Waals surface area contributed by atoms with Crippen molar-refractivity contribution < 1.29 is 9.47 Å². The van der Waals surface area contributed by atoms with Crippen LogP contribution in [-0.2, 0) is 0 Å². The SMILES string of the molecule is COc1cc(C(CN)C2CC2)c(OC)cc1C. The summed E-state index contributed by atoms with van der Waals surface area (Å²) in [5, 5.41) is 0. The van der Waals surface area contributed by atoms with Crippen molar-refractivity contribution in [1.82, 2.24) is 0 Å². The molecule has 1 fully saturated rings. The molecule has 0 radical (unpaired) electrons. The fourth-order valence-corrected chi connectivity index (χ4v) is 2.44. The lowest BCUT2D eigenvalue weighted by molar-refractivity contribution is 0.390. The van der Waals surface area contributed by atoms with Gasteiger partial charge in [0, 0.05) is 11.5 Å². The molecule has 1 saturated carbocycles. The van der Waals surface area contributed by atoms with Crippen LogP contribution in [0.5, 0.6) is 11.5 Å². The number of aryl methyl sites for hydroxylation is 1. The van der Waals surface area contributed by atoms with Crippen LogP contribution in [0, 0.1) is 12.8 Å². The average Bonchev–Trinajstić information content (AvgIpc) is 3.15. The highest BCUT2D eigenvalue weighted by Crippen LogP contribution is 2.45. The summed E-state index contributed by atoms with van der Waals surface area (Å²) in [6, 6.07) is 4.13. The molecule has 94 valence electrons. The Bertz CT molecular complexity index is 399. The average molecular weight is 235 g/mol. The Kier molecular flexibility index (Phi) is 3.57. The molecule has 1 aliphatic rings. The minimum atomic E-state index is 0.402. The van der Waals surface area contributed by atoms with Crippen LogP contribution in [0.2, 0.25) is 0 Å². The van der Waals surface area contributed by atoms with E-state index in [1.165, 1.54) is 18.4 Å². The van der Waals surface area contributed by atoms with Crippen LogP contribution in [0.15, 0.2) is 12.1 Å². The molecule has 17 heavy (non-hydrogen) atoms. The van der Waals surface area contributed by atoms with Crippen LogP contribution in [0.25, 0.3) is 0 Å². The topological polar surface area (TPSA) is 44.5 Å². The number of methoxy groups -OCH3 is 2. The van der Waals surface area contributed by atoms with Crippen LogP contribution >= 0.6 is 0 Å². The Morgan fingerprint density at radius 2 is 1.88 bits per heavy atom. The molecule has 3 nitrogen and oxygen atoms in total. The van der Waals surface area contributed by atoms with Gasteiger partial charge < -0.3 is 15.2 Å². The number of ether oxygens (including phenoxy) is 2. The van der Waals surface area contributed by atoms with E-state index in [1.54, 1.807) is 14.2 Å². The molecule has 1 aromatic carbocycles. The first-order valence-corrected chi connectivity index (χ1v) is 6.13. The summed E-state index contributed by atoms with van der Waals surface area (Å²) in [5.41, 5.74) is 8.19. The van der Waals surface area contributed by atoms with E-state index in [4.69, 9.17) is 15.2 Å². The highest BCUT2D eigenvalue weighted by molar-refractivity contribution is 5.48. The predicted molar refractivity (Wildman–Crippen MR) is 68.8 cm³/mol. The molecule has 1 atom stereocenters. The summed E-state index contributed by atoms with van der Waals surface area (Å²) < 4.78 is 10.9. The molecule has 0 spiro atoms. The lowest BCUT2D eigenvalue weighted by atomic mass is 9.92. The first kappa shape index (κ1) is 12.2. The number of nitrogens with two attached hydrogens (primary N) is 1. The van der Waals surface area contributed by atoms with Gasteiger partial charge in [0.1, 0.15) is 11.5 Å². The molecule has 0 heterocycles. The van der Waals surface area contributed by atoms with Crippen LogP contribution in [0.3, 0.4) is 0 Å². The summed E-state index contributed by atoms with van der Waals surface area (Å²) in [6.45, 7) is 2.70. The van der Waals surface area contributed by atoms with Gasteiger partial charge in [-0.05, 0) is 49.9 Å². The Balaban J connectivity index is 2.41. The number of rotatable bonds is 5. The second-order valence-corrected chi connectivity index (χ2v) is 4.74. The molecule has 0 bridgehead atoms. The van der Waals surface area contributed by atoms with Crippen molar-refractivity contribution in [1.29, 1.82) is 0 Å². The van der Waals surface area contributed by atoms with Crippen LogP contribution in [-0.4, -0.2) is 20.8 Å². The maximum atomic E-state index is 5.90. The third-order valence-electron chi connectivity index (χ3n) is 3.59. The van der Waals surface area contributed by atoms with Crippen molar-refractivity contribution in [2.45, 2.75) is 25.7 Å². The third-order valence-corrected chi connectivity index (χ3v) is 3.59. The normalized spacial score (nSPS) is 16.7. The van der Waals surface area contributed by atoms with Gasteiger partial charge in [0.15, 0.2) is 0 Å². The van der Waals surface area contributed by atoms with Gasteiger partial charge in [-0.1, -0.05) is 0 Å². The molecule has 1 aliphatic carbocycles. The highest BCUT2D eigenvalue weighted by Gasteiger charge is 2.33. The smallest absolute Gasteiger partial charge is 0.122 e. The number of hydrogen-bond acceptors (Lipinski definition) is 3. The zero-order chi connectivity index (χ0) is 12.4. The summed E-state index contributed by atoms with van der Waals surface area (Å²) in [5.74, 6) is 2.98. The molecular formula is C14H21NO2. The van der Waals surface area contributed by atoms with Crippen molar-refractivity contribution in [3.8, 4) is 11.5 Å². The largest absolute Gasteiger partial charge is 0.496 e. The molecule has 0 saturated heterocycles. The molecule has 2 N–H and O–H groups in total. The molecule has 3 heteroatoms. The van der Waals surface area contributed by atoms with E-state index in [9.17, 15) is 0 Å². The summed E-state index contributed by atoms with van der Waals surface area (Å²) in [7, 11) is 3.42. The Morgan fingerprint density at radius 1 is 1.24 bits per heavy atom. The van der Waals surface area contributed by atoms with Gasteiger partial charge in [-0.2, -0.15) is 0 Å². The number of hydrogen-bond donors (Lipinski definition) is 1. The van der Waals surface area contributed by atoms with Crippen molar-refractivity contribution in [3.05, 3.63) is 23.3 Å². The van der Waals surface area contributed by atoms with Crippen molar-refractivity contribution in [2.24, 2.45) is 11.7 Å². The van der Waals surface area contributed by atoms with Gasteiger partial charge in [-0.3, -0.25) is 0 Å². The standard InChI is InChI=1S/C14H21NO2/c1-9-6-14(17-3)11(7-13(9)16-2)12(8-15)10-4-5-10/h6-7,10,12H,4-5,8,15H2,1-3H3. The minimum Gasteiger partial charge on any atom is -0.496 e. The Labute approximate surface area is 103 Å². The van der Waals surface area contributed by atoms with E-state index < -0.39 is 0 Å². The van der Waals surface area contributed by atoms with E-state index in [1.807, 2.05) is 13.0 Å². The molecule has 0 aromatic heterocycles. The lowest BCUT2D eigenvalue weighted by Crippen LogP contribution is -2.15. The van der Waals surface area contributed by atoms with Gasteiger partial charge in [0.05, 0.1) is 14.2 Å². The van der Waals surface area contributed by atoms with E-state index in [-0.39, 0.29) is 0 Å². The van der Waals surface area contributed by atoms with Crippen molar-refractivity contribution in [2.75, 3.05) is 20.8 Å². The summed E-state index contributed by atoms with van der Waals surface area (Å²) in [6.07, 6.45) is 2.56. The maximum absolute atomic E-state index is 5.90. The quantitative estimate of drug-likeness (QED) is 0.852. The minimum absolute atomic E-state index is 0.402. The van der Waals surface area contributed by atoms with Crippen LogP contribution in [0.4, 0.5) is 0 Å². The van der Waals surface area contributed by atoms with Gasteiger partial charge in [-0.25, -0.2) is 0 Å². The predicted octanol–water partition coefficient (Wildman–Crippen LogP) is 2.46. The summed E-state index contributed by atoms with van der Waals surface area (Å²) in [4.78, 5) is 0. The zero-order valence-electron chi connectivity index (χ0n) is 10.8. The fraction of sp³-hybridized carbons (Fsp3) is 0.571. The fourth-order valence-electron chi connectivity index (χ4n) is 2.44. The van der Waals surface area contributed by atoms with Gasteiger partial charge >= 0.3 is 0 Å². The van der Waals surface area contributed by atoms with E-state index in [0.29, 0.717) is 12.5 Å². The molecule has 2 rings (SSSR count). The first-order valence-electron chi connectivity index (χ1n) is 6.13. The second kappa shape index (κ2) is 4.96. The number of benzene rings is 1. The van der Waals surface area contributed by atoms with Gasteiger partial charge in [-0.15, -0.1) is 0 Å². The van der Waals surface area contributed by atoms with Gasteiger partial charge in [0.2, 0.25) is 0 Å². The van der Waals surface area contributed by atoms with Crippen LogP contribution < -0.4 is 15.2 Å². The maximum Gasteiger partial charge on any atom is 0.122 e. The molecule has 0 aliphatic heterocycles.